The van der Waals surface area contributed by atoms with Crippen LogP contribution in [0.15, 0.2) is 60.7 Å². The summed E-state index contributed by atoms with van der Waals surface area (Å²) in [5.74, 6) is 0. The van der Waals surface area contributed by atoms with Crippen LogP contribution < -0.4 is 10.6 Å². The van der Waals surface area contributed by atoms with Crippen molar-refractivity contribution in [3.8, 4) is 0 Å². The minimum absolute atomic E-state index is 0.0812. The predicted molar refractivity (Wildman–Crippen MR) is 87.5 cm³/mol. The Morgan fingerprint density at radius 1 is 1.00 bits per heavy atom. The van der Waals surface area contributed by atoms with E-state index in [9.17, 15) is 4.79 Å². The van der Waals surface area contributed by atoms with Crippen molar-refractivity contribution in [2.45, 2.75) is 25.4 Å². The number of benzene rings is 2. The third-order valence-electron chi connectivity index (χ3n) is 3.44. The van der Waals surface area contributed by atoms with Crippen molar-refractivity contribution >= 4 is 6.03 Å². The van der Waals surface area contributed by atoms with Crippen molar-refractivity contribution in [1.29, 1.82) is 0 Å². The summed E-state index contributed by atoms with van der Waals surface area (Å²) < 4.78 is 0. The van der Waals surface area contributed by atoms with Crippen molar-refractivity contribution < 1.29 is 9.90 Å². The normalized spacial score (nSPS) is 13.2. The lowest BCUT2D eigenvalue weighted by Crippen LogP contribution is -2.44. The Kier molecular flexibility index (Phi) is 5.98. The minimum Gasteiger partial charge on any atom is -0.394 e. The van der Waals surface area contributed by atoms with Gasteiger partial charge in [-0.2, -0.15) is 0 Å². The van der Waals surface area contributed by atoms with E-state index in [4.69, 9.17) is 5.11 Å². The number of aliphatic hydroxyl groups is 1. The molecule has 0 saturated carbocycles. The SMILES string of the molecule is CC(CO)NC(=O)NC(Cc1ccccc1)c1ccccc1. The molecule has 22 heavy (non-hydrogen) atoms. The van der Waals surface area contributed by atoms with Crippen LogP contribution in [0.2, 0.25) is 0 Å². The highest BCUT2D eigenvalue weighted by Crippen LogP contribution is 2.18. The van der Waals surface area contributed by atoms with E-state index < -0.39 is 0 Å². The summed E-state index contributed by atoms with van der Waals surface area (Å²) in [6, 6.07) is 19.3. The lowest BCUT2D eigenvalue weighted by atomic mass is 9.99. The maximum Gasteiger partial charge on any atom is 0.315 e. The fourth-order valence-electron chi connectivity index (χ4n) is 2.26. The van der Waals surface area contributed by atoms with Gasteiger partial charge in [-0.3, -0.25) is 0 Å². The van der Waals surface area contributed by atoms with Crippen LogP contribution >= 0.6 is 0 Å². The highest BCUT2D eigenvalue weighted by molar-refractivity contribution is 5.74. The van der Waals surface area contributed by atoms with E-state index in [1.807, 2.05) is 60.7 Å². The van der Waals surface area contributed by atoms with Gasteiger partial charge in [-0.05, 0) is 24.5 Å². The van der Waals surface area contributed by atoms with Crippen molar-refractivity contribution in [2.75, 3.05) is 6.61 Å². The van der Waals surface area contributed by atoms with Crippen molar-refractivity contribution in [1.82, 2.24) is 10.6 Å². The molecule has 116 valence electrons. The Hall–Kier alpha value is -2.33. The van der Waals surface area contributed by atoms with Crippen molar-refractivity contribution in [3.05, 3.63) is 71.8 Å². The van der Waals surface area contributed by atoms with Crippen LogP contribution in [0.25, 0.3) is 0 Å². The molecule has 0 aromatic heterocycles. The Morgan fingerprint density at radius 2 is 1.59 bits per heavy atom. The third-order valence-corrected chi connectivity index (χ3v) is 3.44. The van der Waals surface area contributed by atoms with Gasteiger partial charge < -0.3 is 15.7 Å². The number of carbonyl (C=O) groups excluding carboxylic acids is 1. The van der Waals surface area contributed by atoms with Gasteiger partial charge in [-0.1, -0.05) is 60.7 Å². The van der Waals surface area contributed by atoms with Gasteiger partial charge in [0.25, 0.3) is 0 Å². The molecule has 0 aliphatic carbocycles. The number of nitrogens with one attached hydrogen (secondary N) is 2. The number of hydrogen-bond acceptors (Lipinski definition) is 2. The van der Waals surface area contributed by atoms with E-state index in [0.717, 1.165) is 11.1 Å². The van der Waals surface area contributed by atoms with Gasteiger partial charge in [0.2, 0.25) is 0 Å². The predicted octanol–water partition coefficient (Wildman–Crippen LogP) is 2.65. The van der Waals surface area contributed by atoms with E-state index in [1.165, 1.54) is 0 Å². The van der Waals surface area contributed by atoms with Gasteiger partial charge in [-0.25, -0.2) is 4.79 Å². The molecule has 4 nitrogen and oxygen atoms in total. The highest BCUT2D eigenvalue weighted by Gasteiger charge is 2.16. The Balaban J connectivity index is 2.10. The zero-order valence-electron chi connectivity index (χ0n) is 12.7. The standard InChI is InChI=1S/C18H22N2O2/c1-14(13-21)19-18(22)20-17(16-10-6-3-7-11-16)12-15-8-4-2-5-9-15/h2-11,14,17,21H,12-13H2,1H3,(H2,19,20,22). The molecule has 2 unspecified atom stereocenters. The summed E-state index contributed by atoms with van der Waals surface area (Å²) >= 11 is 0. The zero-order valence-corrected chi connectivity index (χ0v) is 12.7. The molecule has 0 aliphatic rings. The molecule has 2 atom stereocenters. The van der Waals surface area contributed by atoms with Gasteiger partial charge in [0.05, 0.1) is 18.7 Å². The van der Waals surface area contributed by atoms with Gasteiger partial charge in [-0.15, -0.1) is 0 Å². The minimum atomic E-state index is -0.272. The van der Waals surface area contributed by atoms with E-state index in [0.29, 0.717) is 6.42 Å². The molecule has 4 heteroatoms. The number of hydrogen-bond donors (Lipinski definition) is 3. The number of rotatable bonds is 6. The molecule has 2 aromatic rings. The number of aliphatic hydroxyl groups excluding tert-OH is 1. The third kappa shape index (κ3) is 4.90. The fourth-order valence-corrected chi connectivity index (χ4v) is 2.26. The van der Waals surface area contributed by atoms with Crippen molar-refractivity contribution in [3.63, 3.8) is 0 Å². The second-order valence-corrected chi connectivity index (χ2v) is 5.35. The second kappa shape index (κ2) is 8.20. The largest absolute Gasteiger partial charge is 0.394 e. The van der Waals surface area contributed by atoms with Crippen LogP contribution in [-0.2, 0) is 6.42 Å². The average molecular weight is 298 g/mol. The fraction of sp³-hybridized carbons (Fsp3) is 0.278. The van der Waals surface area contributed by atoms with Crippen LogP contribution in [0.4, 0.5) is 4.79 Å². The first-order valence-electron chi connectivity index (χ1n) is 7.46. The Morgan fingerprint density at radius 3 is 2.18 bits per heavy atom. The van der Waals surface area contributed by atoms with Crippen LogP contribution in [0.3, 0.4) is 0 Å². The van der Waals surface area contributed by atoms with Crippen LogP contribution in [-0.4, -0.2) is 23.8 Å². The lowest BCUT2D eigenvalue weighted by Gasteiger charge is -2.21. The van der Waals surface area contributed by atoms with Crippen LogP contribution in [0.1, 0.15) is 24.1 Å². The Labute approximate surface area is 131 Å². The molecule has 3 N–H and O–H groups in total. The molecule has 2 aromatic carbocycles. The zero-order chi connectivity index (χ0) is 15.8. The topological polar surface area (TPSA) is 61.4 Å². The van der Waals surface area contributed by atoms with E-state index >= 15 is 0 Å². The van der Waals surface area contributed by atoms with E-state index in [2.05, 4.69) is 10.6 Å². The van der Waals surface area contributed by atoms with Crippen molar-refractivity contribution in [2.24, 2.45) is 0 Å². The maximum absolute atomic E-state index is 12.1. The van der Waals surface area contributed by atoms with Gasteiger partial charge in [0.15, 0.2) is 0 Å². The first-order chi connectivity index (χ1) is 10.7. The summed E-state index contributed by atoms with van der Waals surface area (Å²) in [5.41, 5.74) is 2.21. The Bertz CT molecular complexity index is 572. The molecule has 0 fully saturated rings. The number of amides is 2. The maximum atomic E-state index is 12.1. The molecule has 2 amide bonds. The van der Waals surface area contributed by atoms with E-state index in [-0.39, 0.29) is 24.7 Å². The highest BCUT2D eigenvalue weighted by atomic mass is 16.3. The molecule has 0 aliphatic heterocycles. The monoisotopic (exact) mass is 298 g/mol. The smallest absolute Gasteiger partial charge is 0.315 e. The molecule has 0 heterocycles. The average Bonchev–Trinajstić information content (AvgIpc) is 2.56. The molecule has 2 rings (SSSR count). The van der Waals surface area contributed by atoms with Crippen LogP contribution in [0, 0.1) is 0 Å². The summed E-state index contributed by atoms with van der Waals surface area (Å²) in [6.45, 7) is 1.68. The lowest BCUT2D eigenvalue weighted by molar-refractivity contribution is 0.217. The summed E-state index contributed by atoms with van der Waals surface area (Å²) in [6.07, 6.45) is 0.714. The summed E-state index contributed by atoms with van der Waals surface area (Å²) in [4.78, 5) is 12.1. The molecule has 0 saturated heterocycles. The van der Waals surface area contributed by atoms with Gasteiger partial charge in [0.1, 0.15) is 0 Å². The number of urea groups is 1. The van der Waals surface area contributed by atoms with Gasteiger partial charge >= 0.3 is 6.03 Å². The second-order valence-electron chi connectivity index (χ2n) is 5.35. The quantitative estimate of drug-likeness (QED) is 0.768. The molecular weight excluding hydrogens is 276 g/mol. The molecule has 0 bridgehead atoms. The first kappa shape index (κ1) is 16.0. The molecular formula is C18H22N2O2. The van der Waals surface area contributed by atoms with Gasteiger partial charge in [0, 0.05) is 0 Å². The number of carbonyl (C=O) groups is 1. The van der Waals surface area contributed by atoms with Crippen LogP contribution in [0.5, 0.6) is 0 Å². The van der Waals surface area contributed by atoms with E-state index in [1.54, 1.807) is 6.92 Å². The molecule has 0 spiro atoms. The summed E-state index contributed by atoms with van der Waals surface area (Å²) in [7, 11) is 0. The first-order valence-corrected chi connectivity index (χ1v) is 7.46. The summed E-state index contributed by atoms with van der Waals surface area (Å²) in [5, 5.41) is 14.7. The molecule has 0 radical (unpaired) electrons.